The van der Waals surface area contributed by atoms with Crippen LogP contribution in [0.4, 0.5) is 0 Å². The Hall–Kier alpha value is -2.28. The number of ether oxygens (including phenoxy) is 1. The van der Waals surface area contributed by atoms with E-state index in [0.717, 1.165) is 24.4 Å². The number of hydrogen-bond donors (Lipinski definition) is 0. The van der Waals surface area contributed by atoms with Gasteiger partial charge in [-0.15, -0.1) is 5.10 Å². The summed E-state index contributed by atoms with van der Waals surface area (Å²) in [6.45, 7) is 1.88. The molecular weight excluding hydrogens is 306 g/mol. The summed E-state index contributed by atoms with van der Waals surface area (Å²) in [5, 5.41) is 8.44. The highest BCUT2D eigenvalue weighted by atomic mass is 16.5. The molecule has 126 valence electrons. The van der Waals surface area contributed by atoms with Crippen molar-refractivity contribution in [3.63, 3.8) is 0 Å². The van der Waals surface area contributed by atoms with E-state index in [4.69, 9.17) is 4.74 Å². The Morgan fingerprint density at radius 2 is 2.08 bits per heavy atom. The highest BCUT2D eigenvalue weighted by Gasteiger charge is 2.35. The van der Waals surface area contributed by atoms with Crippen LogP contribution in [-0.4, -0.2) is 50.5 Å². The first-order chi connectivity index (χ1) is 11.7. The normalized spacial score (nSPS) is 20.0. The molecule has 1 amide bonds. The maximum atomic E-state index is 12.9. The van der Waals surface area contributed by atoms with Crippen LogP contribution in [0, 0.1) is 5.92 Å². The van der Waals surface area contributed by atoms with Gasteiger partial charge in [0.2, 0.25) is 0 Å². The second-order valence-corrected chi connectivity index (χ2v) is 6.53. The lowest BCUT2D eigenvalue weighted by Crippen LogP contribution is -2.42. The van der Waals surface area contributed by atoms with Gasteiger partial charge in [0.25, 0.3) is 5.91 Å². The van der Waals surface area contributed by atoms with Crippen LogP contribution in [0.2, 0.25) is 0 Å². The van der Waals surface area contributed by atoms with Crippen molar-refractivity contribution in [2.45, 2.75) is 25.3 Å². The molecule has 2 aromatic heterocycles. The second-order valence-electron chi connectivity index (χ2n) is 6.53. The summed E-state index contributed by atoms with van der Waals surface area (Å²) in [6.07, 6.45) is 6.54. The van der Waals surface area contributed by atoms with Crippen LogP contribution in [-0.2, 0) is 18.2 Å². The molecule has 1 aliphatic carbocycles. The van der Waals surface area contributed by atoms with Crippen molar-refractivity contribution in [1.29, 1.82) is 0 Å². The summed E-state index contributed by atoms with van der Waals surface area (Å²) in [7, 11) is 1.90. The monoisotopic (exact) mass is 327 g/mol. The number of hydrogen-bond acceptors (Lipinski definition) is 5. The summed E-state index contributed by atoms with van der Waals surface area (Å²) in [4.78, 5) is 18.8. The van der Waals surface area contributed by atoms with Crippen molar-refractivity contribution in [1.82, 2.24) is 24.9 Å². The van der Waals surface area contributed by atoms with Gasteiger partial charge in [0.15, 0.2) is 0 Å². The van der Waals surface area contributed by atoms with Gasteiger partial charge in [0.05, 0.1) is 12.3 Å². The number of carbonyl (C=O) groups excluding carboxylic acids is 1. The Morgan fingerprint density at radius 3 is 2.83 bits per heavy atom. The summed E-state index contributed by atoms with van der Waals surface area (Å²) >= 11 is 0. The van der Waals surface area contributed by atoms with Gasteiger partial charge < -0.3 is 9.64 Å². The maximum absolute atomic E-state index is 12.9. The van der Waals surface area contributed by atoms with E-state index in [1.54, 1.807) is 29.2 Å². The van der Waals surface area contributed by atoms with Crippen LogP contribution >= 0.6 is 0 Å². The standard InChI is InChI=1S/C17H21N5O2/c1-21-14-6-9-22(17(23)13-4-7-18-8-5-13)15(16(14)19-20-21)11-24-10-12-2-3-12/h4-5,7-8,12,15H,2-3,6,9-11H2,1H3. The van der Waals surface area contributed by atoms with Crippen LogP contribution in [0.5, 0.6) is 0 Å². The van der Waals surface area contributed by atoms with E-state index in [-0.39, 0.29) is 11.9 Å². The van der Waals surface area contributed by atoms with Crippen LogP contribution < -0.4 is 0 Å². The minimum atomic E-state index is -0.179. The molecule has 1 fully saturated rings. The van der Waals surface area contributed by atoms with Crippen LogP contribution in [0.1, 0.15) is 40.6 Å². The summed E-state index contributed by atoms with van der Waals surface area (Å²) in [6, 6.07) is 3.31. The number of pyridine rings is 1. The Balaban J connectivity index is 1.57. The summed E-state index contributed by atoms with van der Waals surface area (Å²) in [5.41, 5.74) is 2.60. The Kier molecular flexibility index (Phi) is 4.02. The molecule has 0 radical (unpaired) electrons. The maximum Gasteiger partial charge on any atom is 0.254 e. The fraction of sp³-hybridized carbons (Fsp3) is 0.529. The quantitative estimate of drug-likeness (QED) is 0.829. The third-order valence-corrected chi connectivity index (χ3v) is 4.77. The zero-order chi connectivity index (χ0) is 16.5. The van der Waals surface area contributed by atoms with Crippen molar-refractivity contribution in [2.75, 3.05) is 19.8 Å². The Bertz CT molecular complexity index is 726. The largest absolute Gasteiger partial charge is 0.379 e. The fourth-order valence-corrected chi connectivity index (χ4v) is 3.17. The van der Waals surface area contributed by atoms with Crippen molar-refractivity contribution in [2.24, 2.45) is 13.0 Å². The number of carbonyl (C=O) groups is 1. The van der Waals surface area contributed by atoms with Gasteiger partial charge in [-0.25, -0.2) is 0 Å². The van der Waals surface area contributed by atoms with Crippen LogP contribution in [0.3, 0.4) is 0 Å². The van der Waals surface area contributed by atoms with Gasteiger partial charge in [-0.05, 0) is 30.9 Å². The van der Waals surface area contributed by atoms with Crippen LogP contribution in [0.25, 0.3) is 0 Å². The molecular formula is C17H21N5O2. The molecule has 0 aromatic carbocycles. The number of fused-ring (bicyclic) bond motifs is 1. The lowest BCUT2D eigenvalue weighted by atomic mass is 10.0. The van der Waals surface area contributed by atoms with E-state index < -0.39 is 0 Å². The molecule has 1 saturated carbocycles. The first-order valence-electron chi connectivity index (χ1n) is 8.41. The molecule has 2 aliphatic rings. The molecule has 3 heterocycles. The molecule has 2 aromatic rings. The summed E-state index contributed by atoms with van der Waals surface area (Å²) < 4.78 is 7.70. The Labute approximate surface area is 140 Å². The molecule has 7 nitrogen and oxygen atoms in total. The predicted molar refractivity (Wildman–Crippen MR) is 86.3 cm³/mol. The zero-order valence-electron chi connectivity index (χ0n) is 13.8. The first-order valence-corrected chi connectivity index (χ1v) is 8.41. The number of rotatable bonds is 5. The Morgan fingerprint density at radius 1 is 1.29 bits per heavy atom. The second kappa shape index (κ2) is 6.32. The molecule has 24 heavy (non-hydrogen) atoms. The highest BCUT2D eigenvalue weighted by molar-refractivity contribution is 5.94. The van der Waals surface area contributed by atoms with E-state index in [2.05, 4.69) is 15.3 Å². The minimum Gasteiger partial charge on any atom is -0.379 e. The van der Waals surface area contributed by atoms with Gasteiger partial charge in [-0.3, -0.25) is 14.5 Å². The topological polar surface area (TPSA) is 73.1 Å². The third kappa shape index (κ3) is 2.91. The van der Waals surface area contributed by atoms with Crippen molar-refractivity contribution in [3.8, 4) is 0 Å². The average molecular weight is 327 g/mol. The molecule has 0 bridgehead atoms. The van der Waals surface area contributed by atoms with E-state index >= 15 is 0 Å². The van der Waals surface area contributed by atoms with Gasteiger partial charge in [-0.1, -0.05) is 5.21 Å². The summed E-state index contributed by atoms with van der Waals surface area (Å²) in [5.74, 6) is 0.688. The zero-order valence-corrected chi connectivity index (χ0v) is 13.8. The molecule has 1 atom stereocenters. The fourth-order valence-electron chi connectivity index (χ4n) is 3.17. The molecule has 0 spiro atoms. The number of nitrogens with zero attached hydrogens (tertiary/aromatic N) is 5. The third-order valence-electron chi connectivity index (χ3n) is 4.77. The van der Waals surface area contributed by atoms with E-state index in [1.807, 2.05) is 11.9 Å². The lowest BCUT2D eigenvalue weighted by Gasteiger charge is -2.34. The minimum absolute atomic E-state index is 0.00581. The average Bonchev–Trinajstić information content (AvgIpc) is 3.37. The number of aromatic nitrogens is 4. The SMILES string of the molecule is Cn1nnc2c1CCN(C(=O)c1ccncc1)C2COCC1CC1. The van der Waals surface area contributed by atoms with E-state index in [1.165, 1.54) is 12.8 Å². The van der Waals surface area contributed by atoms with Crippen molar-refractivity contribution in [3.05, 3.63) is 41.5 Å². The predicted octanol–water partition coefficient (Wildman–Crippen LogP) is 1.38. The van der Waals surface area contributed by atoms with E-state index in [9.17, 15) is 4.79 Å². The number of amides is 1. The molecule has 1 aliphatic heterocycles. The molecule has 0 saturated heterocycles. The van der Waals surface area contributed by atoms with Gasteiger partial charge in [0, 0.05) is 44.6 Å². The molecule has 4 rings (SSSR count). The number of aryl methyl sites for hydroxylation is 1. The first kappa shape index (κ1) is 15.3. The highest BCUT2D eigenvalue weighted by Crippen LogP contribution is 2.32. The molecule has 1 unspecified atom stereocenters. The van der Waals surface area contributed by atoms with E-state index in [0.29, 0.717) is 24.6 Å². The van der Waals surface area contributed by atoms with Gasteiger partial charge >= 0.3 is 0 Å². The van der Waals surface area contributed by atoms with Crippen LogP contribution in [0.15, 0.2) is 24.5 Å². The van der Waals surface area contributed by atoms with Crippen molar-refractivity contribution < 1.29 is 9.53 Å². The molecule has 7 heteroatoms. The lowest BCUT2D eigenvalue weighted by molar-refractivity contribution is 0.0355. The molecule has 0 N–H and O–H groups in total. The van der Waals surface area contributed by atoms with Gasteiger partial charge in [-0.2, -0.15) is 0 Å². The van der Waals surface area contributed by atoms with Gasteiger partial charge in [0.1, 0.15) is 11.7 Å². The smallest absolute Gasteiger partial charge is 0.254 e. The van der Waals surface area contributed by atoms with Crippen molar-refractivity contribution >= 4 is 5.91 Å².